The third-order valence-electron chi connectivity index (χ3n) is 3.22. The lowest BCUT2D eigenvalue weighted by Gasteiger charge is -2.19. The van der Waals surface area contributed by atoms with Crippen LogP contribution in [0.3, 0.4) is 0 Å². The zero-order valence-corrected chi connectivity index (χ0v) is 11.9. The molecule has 1 atom stereocenters. The first kappa shape index (κ1) is 14.4. The third-order valence-corrected chi connectivity index (χ3v) is 3.22. The summed E-state index contributed by atoms with van der Waals surface area (Å²) in [5.41, 5.74) is 0.831. The van der Waals surface area contributed by atoms with Gasteiger partial charge in [0.2, 0.25) is 12.7 Å². The molecule has 108 valence electrons. The van der Waals surface area contributed by atoms with Crippen molar-refractivity contribution in [3.63, 3.8) is 0 Å². The van der Waals surface area contributed by atoms with E-state index in [0.717, 1.165) is 5.56 Å². The van der Waals surface area contributed by atoms with E-state index in [1.807, 2.05) is 19.9 Å². The first-order chi connectivity index (χ1) is 9.47. The van der Waals surface area contributed by atoms with Gasteiger partial charge in [0.05, 0.1) is 12.5 Å². The van der Waals surface area contributed by atoms with E-state index in [-0.39, 0.29) is 30.8 Å². The van der Waals surface area contributed by atoms with Crippen LogP contribution < -0.4 is 14.8 Å². The quantitative estimate of drug-likeness (QED) is 0.889. The van der Waals surface area contributed by atoms with Crippen molar-refractivity contribution >= 4 is 11.7 Å². The zero-order chi connectivity index (χ0) is 14.7. The number of hydrogen-bond donors (Lipinski definition) is 1. The van der Waals surface area contributed by atoms with Gasteiger partial charge in [-0.15, -0.1) is 0 Å². The van der Waals surface area contributed by atoms with Crippen LogP contribution in [0.5, 0.6) is 11.5 Å². The van der Waals surface area contributed by atoms with E-state index < -0.39 is 6.04 Å². The maximum absolute atomic E-state index is 12.0. The van der Waals surface area contributed by atoms with E-state index in [4.69, 9.17) is 9.47 Å². The van der Waals surface area contributed by atoms with E-state index in [9.17, 15) is 9.59 Å². The third kappa shape index (κ3) is 3.29. The molecule has 1 aliphatic heterocycles. The van der Waals surface area contributed by atoms with Gasteiger partial charge in [-0.2, -0.15) is 0 Å². The van der Waals surface area contributed by atoms with Gasteiger partial charge in [-0.1, -0.05) is 19.9 Å². The van der Waals surface area contributed by atoms with Crippen LogP contribution in [0.1, 0.15) is 26.3 Å². The second-order valence-corrected chi connectivity index (χ2v) is 5.26. The predicted molar refractivity (Wildman–Crippen MR) is 73.7 cm³/mol. The second kappa shape index (κ2) is 5.94. The van der Waals surface area contributed by atoms with Crippen molar-refractivity contribution in [2.75, 3.05) is 6.79 Å². The number of benzene rings is 1. The second-order valence-electron chi connectivity index (χ2n) is 5.26. The molecule has 1 aliphatic rings. The number of ketones is 1. The van der Waals surface area contributed by atoms with E-state index in [1.54, 1.807) is 12.1 Å². The minimum absolute atomic E-state index is 0.0287. The summed E-state index contributed by atoms with van der Waals surface area (Å²) in [6.07, 6.45) is 0.215. The molecule has 5 nitrogen and oxygen atoms in total. The molecule has 0 radical (unpaired) electrons. The Bertz CT molecular complexity index is 525. The Labute approximate surface area is 118 Å². The normalized spacial score (nSPS) is 14.2. The van der Waals surface area contributed by atoms with Crippen molar-refractivity contribution in [3.8, 4) is 11.5 Å². The van der Waals surface area contributed by atoms with Gasteiger partial charge in [0.15, 0.2) is 17.3 Å². The highest BCUT2D eigenvalue weighted by Gasteiger charge is 2.21. The SMILES string of the molecule is CC(=O)C(NC(=O)Cc1ccc2c(c1)OCO2)C(C)C. The molecule has 1 aromatic carbocycles. The standard InChI is InChI=1S/C15H19NO4/c1-9(2)15(10(3)17)16-14(18)7-11-4-5-12-13(6-11)20-8-19-12/h4-6,9,15H,7-8H2,1-3H3,(H,16,18). The molecule has 0 saturated carbocycles. The summed E-state index contributed by atoms with van der Waals surface area (Å²) in [5, 5.41) is 2.77. The summed E-state index contributed by atoms with van der Waals surface area (Å²) in [6.45, 7) is 5.52. The molecule has 1 amide bonds. The highest BCUT2D eigenvalue weighted by molar-refractivity contribution is 5.88. The molecule has 0 bridgehead atoms. The number of carbonyl (C=O) groups excluding carboxylic acids is 2. The van der Waals surface area contributed by atoms with Crippen molar-refractivity contribution < 1.29 is 19.1 Å². The van der Waals surface area contributed by atoms with Crippen molar-refractivity contribution in [1.29, 1.82) is 0 Å². The van der Waals surface area contributed by atoms with Crippen LogP contribution in [0.25, 0.3) is 0 Å². The minimum atomic E-state index is -0.434. The highest BCUT2D eigenvalue weighted by Crippen LogP contribution is 2.32. The van der Waals surface area contributed by atoms with Gasteiger partial charge in [0.25, 0.3) is 0 Å². The summed E-state index contributed by atoms with van der Waals surface area (Å²) >= 11 is 0. The Morgan fingerprint density at radius 3 is 2.60 bits per heavy atom. The van der Waals surface area contributed by atoms with Crippen molar-refractivity contribution in [1.82, 2.24) is 5.32 Å². The van der Waals surface area contributed by atoms with Gasteiger partial charge in [0, 0.05) is 0 Å². The number of amides is 1. The fourth-order valence-corrected chi connectivity index (χ4v) is 2.20. The Morgan fingerprint density at radius 2 is 1.95 bits per heavy atom. The number of Topliss-reactive ketones (excluding diaryl/α,β-unsaturated/α-hetero) is 1. The molecule has 1 unspecified atom stereocenters. The topological polar surface area (TPSA) is 64.6 Å². The molecule has 0 aromatic heterocycles. The number of carbonyl (C=O) groups is 2. The number of nitrogens with one attached hydrogen (secondary N) is 1. The highest BCUT2D eigenvalue weighted by atomic mass is 16.7. The molecule has 20 heavy (non-hydrogen) atoms. The van der Waals surface area contributed by atoms with E-state index in [2.05, 4.69) is 5.32 Å². The number of hydrogen-bond acceptors (Lipinski definition) is 4. The molecule has 0 spiro atoms. The molecule has 0 saturated heterocycles. The van der Waals surface area contributed by atoms with Gasteiger partial charge < -0.3 is 14.8 Å². The number of rotatable bonds is 5. The zero-order valence-electron chi connectivity index (χ0n) is 11.9. The molecule has 1 N–H and O–H groups in total. The molecule has 1 aromatic rings. The molecule has 5 heteroatoms. The van der Waals surface area contributed by atoms with Crippen LogP contribution in [-0.4, -0.2) is 24.5 Å². The van der Waals surface area contributed by atoms with Gasteiger partial charge in [-0.05, 0) is 30.5 Å². The molecule has 1 heterocycles. The fourth-order valence-electron chi connectivity index (χ4n) is 2.20. The Kier molecular flexibility index (Phi) is 4.27. The molecular weight excluding hydrogens is 258 g/mol. The average Bonchev–Trinajstić information content (AvgIpc) is 2.82. The van der Waals surface area contributed by atoms with Crippen LogP contribution in [-0.2, 0) is 16.0 Å². The number of fused-ring (bicyclic) bond motifs is 1. The first-order valence-electron chi connectivity index (χ1n) is 6.65. The van der Waals surface area contributed by atoms with Crippen LogP contribution in [0.2, 0.25) is 0 Å². The lowest BCUT2D eigenvalue weighted by molar-refractivity contribution is -0.127. The van der Waals surface area contributed by atoms with Crippen LogP contribution in [0.15, 0.2) is 18.2 Å². The first-order valence-corrected chi connectivity index (χ1v) is 6.65. The molecule has 0 aliphatic carbocycles. The monoisotopic (exact) mass is 277 g/mol. The van der Waals surface area contributed by atoms with Crippen LogP contribution in [0, 0.1) is 5.92 Å². The van der Waals surface area contributed by atoms with Gasteiger partial charge in [0.1, 0.15) is 0 Å². The average molecular weight is 277 g/mol. The van der Waals surface area contributed by atoms with E-state index >= 15 is 0 Å². The summed E-state index contributed by atoms with van der Waals surface area (Å²) in [4.78, 5) is 23.5. The van der Waals surface area contributed by atoms with Gasteiger partial charge in [-0.25, -0.2) is 0 Å². The number of ether oxygens (including phenoxy) is 2. The Morgan fingerprint density at radius 1 is 1.25 bits per heavy atom. The maximum Gasteiger partial charge on any atom is 0.231 e. The molecule has 0 fully saturated rings. The fraction of sp³-hybridized carbons (Fsp3) is 0.467. The Balaban J connectivity index is 1.99. The molecule has 2 rings (SSSR count). The van der Waals surface area contributed by atoms with Gasteiger partial charge in [-0.3, -0.25) is 9.59 Å². The van der Waals surface area contributed by atoms with Crippen molar-refractivity contribution in [3.05, 3.63) is 23.8 Å². The molecular formula is C15H19NO4. The maximum atomic E-state index is 12.0. The lowest BCUT2D eigenvalue weighted by atomic mass is 10.0. The van der Waals surface area contributed by atoms with Crippen molar-refractivity contribution in [2.24, 2.45) is 5.92 Å². The van der Waals surface area contributed by atoms with Crippen LogP contribution in [0.4, 0.5) is 0 Å². The summed E-state index contributed by atoms with van der Waals surface area (Å²) in [5.74, 6) is 1.23. The summed E-state index contributed by atoms with van der Waals surface area (Å²) < 4.78 is 10.5. The van der Waals surface area contributed by atoms with E-state index in [0.29, 0.717) is 11.5 Å². The van der Waals surface area contributed by atoms with Crippen molar-refractivity contribution in [2.45, 2.75) is 33.2 Å². The van der Waals surface area contributed by atoms with Crippen LogP contribution >= 0.6 is 0 Å². The van der Waals surface area contributed by atoms with Gasteiger partial charge >= 0.3 is 0 Å². The largest absolute Gasteiger partial charge is 0.454 e. The minimum Gasteiger partial charge on any atom is -0.454 e. The predicted octanol–water partition coefficient (Wildman–Crippen LogP) is 1.69. The summed E-state index contributed by atoms with van der Waals surface area (Å²) in [6, 6.07) is 4.97. The summed E-state index contributed by atoms with van der Waals surface area (Å²) in [7, 11) is 0. The lowest BCUT2D eigenvalue weighted by Crippen LogP contribution is -2.43. The Hall–Kier alpha value is -2.04. The smallest absolute Gasteiger partial charge is 0.231 e. The van der Waals surface area contributed by atoms with E-state index in [1.165, 1.54) is 6.92 Å².